The highest BCUT2D eigenvalue weighted by Crippen LogP contribution is 2.22. The number of halogens is 1. The van der Waals surface area contributed by atoms with Gasteiger partial charge in [0.05, 0.1) is 15.5 Å². The van der Waals surface area contributed by atoms with Gasteiger partial charge < -0.3 is 0 Å². The average Bonchev–Trinajstić information content (AvgIpc) is 2.17. The van der Waals surface area contributed by atoms with Crippen LogP contribution in [0.2, 0.25) is 5.02 Å². The number of non-ortho nitro benzene ring substituents is 1. The summed E-state index contributed by atoms with van der Waals surface area (Å²) >= 11 is 5.63. The van der Waals surface area contributed by atoms with E-state index in [1.165, 1.54) is 12.3 Å². The Morgan fingerprint density at radius 2 is 2.27 bits per heavy atom. The largest absolute Gasteiger partial charge is 0.270 e. The number of amides is 1. The minimum Gasteiger partial charge on any atom is -0.268 e. The lowest BCUT2D eigenvalue weighted by Gasteiger charge is -2.00. The Balaban J connectivity index is 3.09. The van der Waals surface area contributed by atoms with Gasteiger partial charge in [-0.2, -0.15) is 5.26 Å². The van der Waals surface area contributed by atoms with Crippen molar-refractivity contribution >= 4 is 23.2 Å². The van der Waals surface area contributed by atoms with Crippen LogP contribution in [0.4, 0.5) is 5.69 Å². The molecule has 0 atom stereocenters. The van der Waals surface area contributed by atoms with E-state index in [0.29, 0.717) is 0 Å². The summed E-state index contributed by atoms with van der Waals surface area (Å²) in [6, 6.07) is 3.37. The quantitative estimate of drug-likeness (QED) is 0.357. The molecule has 1 aromatic rings. The van der Waals surface area contributed by atoms with Crippen LogP contribution in [-0.2, 0) is 0 Å². The molecule has 0 saturated carbocycles. The molecule has 0 heterocycles. The Kier molecular flexibility index (Phi) is 3.21. The number of nitriles is 1. The molecule has 1 rings (SSSR count). The number of hydrogen-bond acceptors (Lipinski definition) is 4. The number of hydrogen-bond donors (Lipinski definition) is 1. The van der Waals surface area contributed by atoms with E-state index in [2.05, 4.69) is 0 Å². The fourth-order valence-electron chi connectivity index (χ4n) is 0.920. The number of nitrogens with one attached hydrogen (secondary N) is 1. The van der Waals surface area contributed by atoms with E-state index in [0.717, 1.165) is 12.1 Å². The SMILES string of the molecule is N#CNC(=O)c1ccc([N+](=O)[O-])cc1Cl. The van der Waals surface area contributed by atoms with Crippen LogP contribution in [-0.4, -0.2) is 10.8 Å². The molecular formula is C8H4ClN3O3. The molecule has 0 aromatic heterocycles. The molecule has 1 amide bonds. The highest BCUT2D eigenvalue weighted by molar-refractivity contribution is 6.34. The molecule has 0 fully saturated rings. The van der Waals surface area contributed by atoms with Gasteiger partial charge in [0.1, 0.15) is 0 Å². The number of carbonyl (C=O) groups is 1. The Morgan fingerprint density at radius 3 is 2.73 bits per heavy atom. The summed E-state index contributed by atoms with van der Waals surface area (Å²) in [5.74, 6) is -0.697. The summed E-state index contributed by atoms with van der Waals surface area (Å²) in [7, 11) is 0. The smallest absolute Gasteiger partial charge is 0.268 e. The van der Waals surface area contributed by atoms with E-state index in [4.69, 9.17) is 16.9 Å². The number of nitro groups is 1. The molecule has 6 nitrogen and oxygen atoms in total. The van der Waals surface area contributed by atoms with Crippen molar-refractivity contribution in [1.29, 1.82) is 5.26 Å². The van der Waals surface area contributed by atoms with Crippen LogP contribution < -0.4 is 5.32 Å². The molecule has 0 unspecified atom stereocenters. The third-order valence-corrected chi connectivity index (χ3v) is 1.89. The summed E-state index contributed by atoms with van der Waals surface area (Å²) < 4.78 is 0. The fraction of sp³-hybridized carbons (Fsp3) is 0. The van der Waals surface area contributed by atoms with Gasteiger partial charge >= 0.3 is 0 Å². The lowest BCUT2D eigenvalue weighted by Crippen LogP contribution is -2.17. The standard InChI is InChI=1S/C8H4ClN3O3/c9-7-3-5(12(14)15)1-2-6(7)8(13)11-4-10/h1-3H,(H,11,13). The molecule has 1 aromatic carbocycles. The predicted octanol–water partition coefficient (Wildman–Crippen LogP) is 1.46. The maximum atomic E-state index is 11.2. The Bertz CT molecular complexity index is 467. The summed E-state index contributed by atoms with van der Waals surface area (Å²) in [5, 5.41) is 20.3. The van der Waals surface area contributed by atoms with E-state index >= 15 is 0 Å². The molecule has 1 N–H and O–H groups in total. The van der Waals surface area contributed by atoms with E-state index in [9.17, 15) is 14.9 Å². The highest BCUT2D eigenvalue weighted by atomic mass is 35.5. The molecule has 76 valence electrons. The zero-order chi connectivity index (χ0) is 11.4. The predicted molar refractivity (Wildman–Crippen MR) is 51.2 cm³/mol. The van der Waals surface area contributed by atoms with Gasteiger partial charge in [0.2, 0.25) is 0 Å². The second-order valence-electron chi connectivity index (χ2n) is 2.49. The third kappa shape index (κ3) is 2.42. The van der Waals surface area contributed by atoms with Crippen molar-refractivity contribution in [2.45, 2.75) is 0 Å². The zero-order valence-electron chi connectivity index (χ0n) is 7.23. The molecule has 15 heavy (non-hydrogen) atoms. The maximum Gasteiger partial charge on any atom is 0.270 e. The molecule has 7 heteroatoms. The van der Waals surface area contributed by atoms with Gasteiger partial charge in [-0.3, -0.25) is 20.2 Å². The maximum absolute atomic E-state index is 11.2. The molecule has 0 aliphatic heterocycles. The minimum atomic E-state index is -0.697. The minimum absolute atomic E-state index is 0.0174. The molecule has 0 spiro atoms. The van der Waals surface area contributed by atoms with Crippen LogP contribution in [0, 0.1) is 21.6 Å². The topological polar surface area (TPSA) is 96.0 Å². The summed E-state index contributed by atoms with van der Waals surface area (Å²) in [4.78, 5) is 20.9. The first-order chi connectivity index (χ1) is 7.06. The average molecular weight is 226 g/mol. The highest BCUT2D eigenvalue weighted by Gasteiger charge is 2.14. The van der Waals surface area contributed by atoms with Gasteiger partial charge in [-0.25, -0.2) is 0 Å². The Hall–Kier alpha value is -2.13. The van der Waals surface area contributed by atoms with E-state index in [1.54, 1.807) is 0 Å². The van der Waals surface area contributed by atoms with Crippen molar-refractivity contribution in [3.05, 3.63) is 38.9 Å². The number of nitro benzene ring substituents is 1. The van der Waals surface area contributed by atoms with E-state index in [-0.39, 0.29) is 16.3 Å². The molecule has 0 aliphatic rings. The number of nitrogens with zero attached hydrogens (tertiary/aromatic N) is 2. The van der Waals surface area contributed by atoms with Crippen molar-refractivity contribution in [1.82, 2.24) is 5.32 Å². The zero-order valence-corrected chi connectivity index (χ0v) is 7.99. The summed E-state index contributed by atoms with van der Waals surface area (Å²) in [5.41, 5.74) is -0.197. The lowest BCUT2D eigenvalue weighted by molar-refractivity contribution is -0.384. The van der Waals surface area contributed by atoms with Crippen LogP contribution in [0.1, 0.15) is 10.4 Å². The molecule has 0 radical (unpaired) electrons. The third-order valence-electron chi connectivity index (χ3n) is 1.58. The first-order valence-electron chi connectivity index (χ1n) is 3.69. The lowest BCUT2D eigenvalue weighted by atomic mass is 10.2. The molecule has 0 saturated heterocycles. The summed E-state index contributed by atoms with van der Waals surface area (Å²) in [6.07, 6.45) is 1.44. The van der Waals surface area contributed by atoms with Crippen molar-refractivity contribution in [2.24, 2.45) is 0 Å². The second-order valence-corrected chi connectivity index (χ2v) is 2.89. The van der Waals surface area contributed by atoms with Crippen LogP contribution in [0.15, 0.2) is 18.2 Å². The summed E-state index contributed by atoms with van der Waals surface area (Å²) in [6.45, 7) is 0. The van der Waals surface area contributed by atoms with E-state index in [1.807, 2.05) is 5.32 Å². The monoisotopic (exact) mass is 225 g/mol. The normalized spacial score (nSPS) is 9.07. The Labute approximate surface area is 89.2 Å². The van der Waals surface area contributed by atoms with Crippen molar-refractivity contribution in [3.63, 3.8) is 0 Å². The van der Waals surface area contributed by atoms with Gasteiger partial charge in [-0.05, 0) is 6.07 Å². The molecule has 0 aliphatic carbocycles. The second kappa shape index (κ2) is 4.39. The number of benzene rings is 1. The van der Waals surface area contributed by atoms with Gasteiger partial charge in [-0.15, -0.1) is 0 Å². The van der Waals surface area contributed by atoms with Crippen molar-refractivity contribution < 1.29 is 9.72 Å². The van der Waals surface area contributed by atoms with Gasteiger partial charge in [0, 0.05) is 12.1 Å². The first-order valence-corrected chi connectivity index (χ1v) is 4.07. The number of rotatable bonds is 2. The van der Waals surface area contributed by atoms with Gasteiger partial charge in [0.15, 0.2) is 6.19 Å². The van der Waals surface area contributed by atoms with Crippen LogP contribution in [0.25, 0.3) is 0 Å². The van der Waals surface area contributed by atoms with Gasteiger partial charge in [-0.1, -0.05) is 11.6 Å². The van der Waals surface area contributed by atoms with Crippen LogP contribution >= 0.6 is 11.6 Å². The molecular weight excluding hydrogens is 222 g/mol. The van der Waals surface area contributed by atoms with Crippen molar-refractivity contribution in [2.75, 3.05) is 0 Å². The fourth-order valence-corrected chi connectivity index (χ4v) is 1.18. The van der Waals surface area contributed by atoms with Crippen LogP contribution in [0.3, 0.4) is 0 Å². The van der Waals surface area contributed by atoms with Crippen LogP contribution in [0.5, 0.6) is 0 Å². The molecule has 0 bridgehead atoms. The van der Waals surface area contributed by atoms with Gasteiger partial charge in [0.25, 0.3) is 11.6 Å². The van der Waals surface area contributed by atoms with Crippen molar-refractivity contribution in [3.8, 4) is 6.19 Å². The first kappa shape index (κ1) is 10.9. The number of carbonyl (C=O) groups excluding carboxylic acids is 1. The van der Waals surface area contributed by atoms with E-state index < -0.39 is 10.8 Å². The Morgan fingerprint density at radius 1 is 1.60 bits per heavy atom.